The van der Waals surface area contributed by atoms with Crippen LogP contribution in [0, 0.1) is 11.7 Å². The van der Waals surface area contributed by atoms with Gasteiger partial charge in [0.2, 0.25) is 0 Å². The fraction of sp³-hybridized carbons (Fsp3) is 0.379. The summed E-state index contributed by atoms with van der Waals surface area (Å²) >= 11 is 4.14. The molecule has 2 N–H and O–H groups in total. The first kappa shape index (κ1) is 31.4. The van der Waals surface area contributed by atoms with Crippen LogP contribution in [0.5, 0.6) is 0 Å². The van der Waals surface area contributed by atoms with Gasteiger partial charge in [-0.05, 0) is 99.0 Å². The van der Waals surface area contributed by atoms with E-state index in [-0.39, 0.29) is 40.6 Å². The zero-order valence-electron chi connectivity index (χ0n) is 23.2. The van der Waals surface area contributed by atoms with E-state index < -0.39 is 44.6 Å². The van der Waals surface area contributed by atoms with Crippen LogP contribution < -0.4 is 15.0 Å². The largest absolute Gasteiger partial charge is 0.760 e. The third-order valence-corrected chi connectivity index (χ3v) is 9.29. The van der Waals surface area contributed by atoms with Gasteiger partial charge in [-0.2, -0.15) is 0 Å². The van der Waals surface area contributed by atoms with E-state index in [1.54, 1.807) is 19.3 Å². The van der Waals surface area contributed by atoms with E-state index in [4.69, 9.17) is 11.6 Å². The lowest BCUT2D eigenvalue weighted by atomic mass is 9.87. The highest BCUT2D eigenvalue weighted by Crippen LogP contribution is 2.45. The van der Waals surface area contributed by atoms with E-state index >= 15 is 0 Å². The van der Waals surface area contributed by atoms with Crippen molar-refractivity contribution >= 4 is 39.6 Å². The molecule has 3 atom stereocenters. The normalized spacial score (nSPS) is 15.9. The smallest absolute Gasteiger partial charge is 0.250 e. The Kier molecular flexibility index (Phi) is 9.77. The van der Waals surface area contributed by atoms with E-state index in [9.17, 15) is 27.0 Å². The molecule has 1 aliphatic rings. The lowest BCUT2D eigenvalue weighted by Gasteiger charge is -2.27. The summed E-state index contributed by atoms with van der Waals surface area (Å²) in [6.45, 7) is 5.66. The molecule has 2 aromatic carbocycles. The van der Waals surface area contributed by atoms with Crippen LogP contribution in [-0.4, -0.2) is 34.6 Å². The molecule has 1 fully saturated rings. The minimum Gasteiger partial charge on any atom is -0.760 e. The molecule has 3 aromatic rings. The van der Waals surface area contributed by atoms with Crippen LogP contribution in [0.1, 0.15) is 66.7 Å². The summed E-state index contributed by atoms with van der Waals surface area (Å²) < 4.78 is 55.3. The number of hydrogen-bond acceptors (Lipinski definition) is 5. The second kappa shape index (κ2) is 12.8. The van der Waals surface area contributed by atoms with Crippen LogP contribution in [0.25, 0.3) is 11.1 Å². The molecule has 0 radical (unpaired) electrons. The van der Waals surface area contributed by atoms with Crippen LogP contribution in [0.3, 0.4) is 0 Å². The number of carbonyl (C=O) groups excluding carboxylic acids is 1. The monoisotopic (exact) mass is 620 g/mol. The quantitative estimate of drug-likeness (QED) is 0.242. The van der Waals surface area contributed by atoms with Gasteiger partial charge in [-0.1, -0.05) is 11.6 Å². The van der Waals surface area contributed by atoms with Crippen molar-refractivity contribution in [2.24, 2.45) is 13.0 Å². The van der Waals surface area contributed by atoms with Crippen molar-refractivity contribution in [1.29, 1.82) is 0 Å². The van der Waals surface area contributed by atoms with Gasteiger partial charge in [-0.15, -0.1) is 0 Å². The van der Waals surface area contributed by atoms with E-state index in [0.717, 1.165) is 12.8 Å². The van der Waals surface area contributed by atoms with Crippen molar-refractivity contribution in [2.75, 3.05) is 6.54 Å². The highest BCUT2D eigenvalue weighted by atomic mass is 35.5. The van der Waals surface area contributed by atoms with E-state index in [2.05, 4.69) is 9.44 Å². The average molecular weight is 621 g/mol. The van der Waals surface area contributed by atoms with Gasteiger partial charge in [0.05, 0.1) is 15.7 Å². The van der Waals surface area contributed by atoms with E-state index in [1.807, 2.05) is 20.8 Å². The third kappa shape index (κ3) is 7.65. The van der Waals surface area contributed by atoms with Gasteiger partial charge in [0, 0.05) is 64.9 Å². The topological polar surface area (TPSA) is 120 Å². The molecule has 1 aliphatic carbocycles. The fourth-order valence-electron chi connectivity index (χ4n) is 4.51. The first-order chi connectivity index (χ1) is 19.3. The van der Waals surface area contributed by atoms with Gasteiger partial charge in [0.25, 0.3) is 5.56 Å². The van der Waals surface area contributed by atoms with Gasteiger partial charge >= 0.3 is 0 Å². The van der Waals surface area contributed by atoms with E-state index in [0.29, 0.717) is 22.3 Å². The molecular weight excluding hydrogens is 589 g/mol. The Morgan fingerprint density at radius 1 is 1.15 bits per heavy atom. The number of halogens is 2. The first-order valence-corrected chi connectivity index (χ1v) is 15.7. The standard InChI is InChI=1S/C29H33ClFN3O5S2/c1-29(2,3)40(37)33-27(17-5-6-17)22-15-26(35)34(4)16-24(22)21-13-19(11-12-32-41(38)39)25(30)14-23(21)28(36)18-7-9-20(31)10-8-18/h7-10,13-17,27,32-33H,5-6,11-12H2,1-4H3,(H,38,39)/p-1/t27-,40-/m0/s1. The summed E-state index contributed by atoms with van der Waals surface area (Å²) in [4.78, 5) is 26.7. The predicted octanol–water partition coefficient (Wildman–Crippen LogP) is 4.50. The maximum Gasteiger partial charge on any atom is 0.250 e. The minimum atomic E-state index is -2.46. The van der Waals surface area contributed by atoms with Crippen molar-refractivity contribution in [3.05, 3.63) is 92.1 Å². The number of pyridine rings is 1. The van der Waals surface area contributed by atoms with E-state index in [1.165, 1.54) is 41.0 Å². The molecule has 1 unspecified atom stereocenters. The molecule has 0 spiro atoms. The van der Waals surface area contributed by atoms with Crippen molar-refractivity contribution in [2.45, 2.75) is 50.8 Å². The molecule has 0 amide bonds. The number of nitrogens with zero attached hydrogens (tertiary/aromatic N) is 1. The molecule has 12 heteroatoms. The fourth-order valence-corrected chi connectivity index (χ4v) is 5.94. The highest BCUT2D eigenvalue weighted by Gasteiger charge is 2.37. The lowest BCUT2D eigenvalue weighted by Crippen LogP contribution is -2.37. The van der Waals surface area contributed by atoms with Crippen LogP contribution in [0.15, 0.2) is 53.5 Å². The number of aromatic nitrogens is 1. The lowest BCUT2D eigenvalue weighted by molar-refractivity contribution is 0.103. The highest BCUT2D eigenvalue weighted by molar-refractivity contribution is 7.84. The van der Waals surface area contributed by atoms with Crippen molar-refractivity contribution < 1.29 is 22.2 Å². The van der Waals surface area contributed by atoms with Crippen LogP contribution >= 0.6 is 11.6 Å². The molecule has 220 valence electrons. The molecular formula is C29H32ClFN3O5S2-. The second-order valence-corrected chi connectivity index (χ2v) is 14.3. The van der Waals surface area contributed by atoms with Crippen molar-refractivity contribution in [1.82, 2.24) is 14.0 Å². The molecule has 4 rings (SSSR count). The van der Waals surface area contributed by atoms with Gasteiger partial charge in [0.1, 0.15) is 5.82 Å². The zero-order chi connectivity index (χ0) is 30.1. The number of benzene rings is 2. The average Bonchev–Trinajstić information content (AvgIpc) is 3.74. The molecule has 8 nitrogen and oxygen atoms in total. The molecule has 1 saturated carbocycles. The number of hydrogen-bond donors (Lipinski definition) is 2. The maximum absolute atomic E-state index is 13.8. The number of aryl methyl sites for hydroxylation is 1. The first-order valence-electron chi connectivity index (χ1n) is 13.1. The second-order valence-electron chi connectivity index (χ2n) is 11.1. The van der Waals surface area contributed by atoms with Gasteiger partial charge < -0.3 is 9.12 Å². The van der Waals surface area contributed by atoms with Crippen molar-refractivity contribution in [3.63, 3.8) is 0 Å². The molecule has 0 aliphatic heterocycles. The predicted molar refractivity (Wildman–Crippen MR) is 159 cm³/mol. The molecule has 0 bridgehead atoms. The maximum atomic E-state index is 13.8. The number of carbonyl (C=O) groups is 1. The van der Waals surface area contributed by atoms with Gasteiger partial charge in [-0.3, -0.25) is 13.8 Å². The summed E-state index contributed by atoms with van der Waals surface area (Å²) in [5.41, 5.74) is 2.46. The Labute approximate surface area is 248 Å². The summed E-state index contributed by atoms with van der Waals surface area (Å²) in [5.74, 6) is -0.739. The molecule has 1 heterocycles. The van der Waals surface area contributed by atoms with Crippen molar-refractivity contribution in [3.8, 4) is 11.1 Å². The Balaban J connectivity index is 1.93. The molecule has 0 saturated heterocycles. The zero-order valence-corrected chi connectivity index (χ0v) is 25.6. The van der Waals surface area contributed by atoms with Gasteiger partial charge in [0.15, 0.2) is 5.78 Å². The number of ketones is 1. The Morgan fingerprint density at radius 2 is 1.80 bits per heavy atom. The minimum absolute atomic E-state index is 0.0808. The number of rotatable bonds is 11. The van der Waals surface area contributed by atoms with Gasteiger partial charge in [-0.25, -0.2) is 18.0 Å². The third-order valence-electron chi connectivity index (χ3n) is 6.92. The summed E-state index contributed by atoms with van der Waals surface area (Å²) in [6.07, 6.45) is 3.66. The Morgan fingerprint density at radius 3 is 2.39 bits per heavy atom. The summed E-state index contributed by atoms with van der Waals surface area (Å²) in [6, 6.07) is 9.51. The Bertz CT molecular complexity index is 1570. The summed E-state index contributed by atoms with van der Waals surface area (Å²) in [5, 5.41) is 0.259. The van der Waals surface area contributed by atoms with Crippen LogP contribution in [-0.2, 0) is 35.7 Å². The SMILES string of the molecule is Cn1cc(-c2cc(CCNS(=O)[O-])c(Cl)cc2C(=O)c2ccc(F)cc2)c([C@@H](N[S@@](=O)C(C)(C)C)C2CC2)cc1=O. The van der Waals surface area contributed by atoms with Crippen LogP contribution in [0.4, 0.5) is 4.39 Å². The molecule has 41 heavy (non-hydrogen) atoms. The Hall–Kier alpha value is -2.54. The summed E-state index contributed by atoms with van der Waals surface area (Å²) in [7, 11) is 0.168. The molecule has 1 aromatic heterocycles. The van der Waals surface area contributed by atoms with Crippen LogP contribution in [0.2, 0.25) is 5.02 Å². The number of nitrogens with one attached hydrogen (secondary N) is 2.